The number of nitrogens with two attached hydrogens (primary N) is 1. The number of benzene rings is 1. The first kappa shape index (κ1) is 13.0. The van der Waals surface area contributed by atoms with Gasteiger partial charge < -0.3 is 15.6 Å². The molecule has 0 saturated heterocycles. The van der Waals surface area contributed by atoms with Crippen molar-refractivity contribution in [3.63, 3.8) is 0 Å². The Bertz CT molecular complexity index is 297. The van der Waals surface area contributed by atoms with E-state index in [1.807, 2.05) is 24.3 Å². The van der Waals surface area contributed by atoms with E-state index in [0.29, 0.717) is 5.92 Å². The fourth-order valence-electron chi connectivity index (χ4n) is 1.27. The Morgan fingerprint density at radius 2 is 1.94 bits per heavy atom. The van der Waals surface area contributed by atoms with Crippen LogP contribution >= 0.6 is 0 Å². The molecule has 0 amide bonds. The first-order chi connectivity index (χ1) is 7.67. The number of hydrogen-bond acceptors (Lipinski definition) is 3. The van der Waals surface area contributed by atoms with Gasteiger partial charge in [0.05, 0.1) is 19.3 Å². The quantitative estimate of drug-likeness (QED) is 0.776. The molecule has 0 saturated carbocycles. The first-order valence-electron chi connectivity index (χ1n) is 5.76. The van der Waals surface area contributed by atoms with Crippen molar-refractivity contribution >= 4 is 0 Å². The van der Waals surface area contributed by atoms with Crippen LogP contribution in [-0.4, -0.2) is 18.3 Å². The fourth-order valence-corrected chi connectivity index (χ4v) is 1.27. The second-order valence-electron chi connectivity index (χ2n) is 4.18. The number of aliphatic hydroxyl groups is 1. The molecule has 0 aliphatic rings. The van der Waals surface area contributed by atoms with Gasteiger partial charge in [-0.05, 0) is 23.6 Å². The Balaban J connectivity index is 2.51. The van der Waals surface area contributed by atoms with E-state index in [2.05, 4.69) is 13.8 Å². The van der Waals surface area contributed by atoms with Gasteiger partial charge in [-0.3, -0.25) is 0 Å². The van der Waals surface area contributed by atoms with Crippen LogP contribution in [0.5, 0.6) is 5.75 Å². The highest BCUT2D eigenvalue weighted by molar-refractivity contribution is 5.29. The van der Waals surface area contributed by atoms with Gasteiger partial charge in [-0.2, -0.15) is 0 Å². The molecule has 0 aliphatic carbocycles. The van der Waals surface area contributed by atoms with Gasteiger partial charge in [-0.1, -0.05) is 32.4 Å². The van der Waals surface area contributed by atoms with Gasteiger partial charge in [0.25, 0.3) is 0 Å². The van der Waals surface area contributed by atoms with Crippen LogP contribution in [0.2, 0.25) is 0 Å². The lowest BCUT2D eigenvalue weighted by molar-refractivity contribution is 0.255. The standard InChI is InChI=1S/C13H21NO2/c1-3-10(2)9-16-12-6-4-11(5-7-12)13(14)8-15/h4-7,10,13,15H,3,8-9,14H2,1-2H3/t10-,13-/m0/s1. The highest BCUT2D eigenvalue weighted by atomic mass is 16.5. The zero-order valence-electron chi connectivity index (χ0n) is 10.0. The maximum absolute atomic E-state index is 8.91. The summed E-state index contributed by atoms with van der Waals surface area (Å²) in [6.45, 7) is 5.02. The summed E-state index contributed by atoms with van der Waals surface area (Å²) < 4.78 is 5.62. The summed E-state index contributed by atoms with van der Waals surface area (Å²) in [5, 5.41) is 8.91. The minimum Gasteiger partial charge on any atom is -0.493 e. The molecule has 0 aromatic heterocycles. The van der Waals surface area contributed by atoms with Crippen molar-refractivity contribution in [1.82, 2.24) is 0 Å². The molecule has 2 atom stereocenters. The molecule has 16 heavy (non-hydrogen) atoms. The lowest BCUT2D eigenvalue weighted by Gasteiger charge is -2.12. The molecule has 0 spiro atoms. The molecule has 3 N–H and O–H groups in total. The largest absolute Gasteiger partial charge is 0.493 e. The van der Waals surface area contributed by atoms with Gasteiger partial charge >= 0.3 is 0 Å². The van der Waals surface area contributed by atoms with Crippen LogP contribution in [0.3, 0.4) is 0 Å². The van der Waals surface area contributed by atoms with Crippen LogP contribution in [0.1, 0.15) is 31.9 Å². The summed E-state index contributed by atoms with van der Waals surface area (Å²) in [4.78, 5) is 0. The molecule has 0 radical (unpaired) electrons. The number of hydrogen-bond donors (Lipinski definition) is 2. The predicted octanol–water partition coefficient (Wildman–Crippen LogP) is 2.10. The summed E-state index contributed by atoms with van der Waals surface area (Å²) in [5.74, 6) is 1.42. The van der Waals surface area contributed by atoms with Crippen LogP contribution in [0.25, 0.3) is 0 Å². The topological polar surface area (TPSA) is 55.5 Å². The Labute approximate surface area is 97.2 Å². The number of rotatable bonds is 6. The molecule has 0 unspecified atom stereocenters. The molecular weight excluding hydrogens is 202 g/mol. The Morgan fingerprint density at radius 3 is 2.44 bits per heavy atom. The van der Waals surface area contributed by atoms with Gasteiger partial charge in [0.15, 0.2) is 0 Å². The van der Waals surface area contributed by atoms with Crippen molar-refractivity contribution in [2.45, 2.75) is 26.3 Å². The van der Waals surface area contributed by atoms with Crippen molar-refractivity contribution in [2.75, 3.05) is 13.2 Å². The Morgan fingerprint density at radius 1 is 1.31 bits per heavy atom. The normalized spacial score (nSPS) is 14.5. The number of ether oxygens (including phenoxy) is 1. The van der Waals surface area contributed by atoms with E-state index in [1.54, 1.807) is 0 Å². The van der Waals surface area contributed by atoms with Crippen molar-refractivity contribution in [3.8, 4) is 5.75 Å². The van der Waals surface area contributed by atoms with Crippen LogP contribution in [0.4, 0.5) is 0 Å². The molecule has 1 aromatic carbocycles. The van der Waals surface area contributed by atoms with Crippen molar-refractivity contribution in [1.29, 1.82) is 0 Å². The molecule has 3 nitrogen and oxygen atoms in total. The molecule has 0 aliphatic heterocycles. The van der Waals surface area contributed by atoms with Crippen LogP contribution in [0, 0.1) is 5.92 Å². The van der Waals surface area contributed by atoms with Crippen molar-refractivity contribution in [3.05, 3.63) is 29.8 Å². The maximum Gasteiger partial charge on any atom is 0.119 e. The Kier molecular flexibility index (Phi) is 5.29. The molecular formula is C13H21NO2. The van der Waals surface area contributed by atoms with Crippen LogP contribution in [-0.2, 0) is 0 Å². The summed E-state index contributed by atoms with van der Waals surface area (Å²) in [5.41, 5.74) is 6.63. The first-order valence-corrected chi connectivity index (χ1v) is 5.76. The SMILES string of the molecule is CC[C@H](C)COc1ccc([C@@H](N)CO)cc1. The second-order valence-corrected chi connectivity index (χ2v) is 4.18. The summed E-state index contributed by atoms with van der Waals surface area (Å²) >= 11 is 0. The summed E-state index contributed by atoms with van der Waals surface area (Å²) in [6.07, 6.45) is 1.12. The zero-order valence-corrected chi connectivity index (χ0v) is 10.0. The molecule has 0 fully saturated rings. The zero-order chi connectivity index (χ0) is 12.0. The molecule has 1 aromatic rings. The lowest BCUT2D eigenvalue weighted by Crippen LogP contribution is -2.14. The van der Waals surface area contributed by atoms with Gasteiger partial charge in [-0.15, -0.1) is 0 Å². The summed E-state index contributed by atoms with van der Waals surface area (Å²) in [7, 11) is 0. The highest BCUT2D eigenvalue weighted by Crippen LogP contribution is 2.17. The van der Waals surface area contributed by atoms with Crippen LogP contribution in [0.15, 0.2) is 24.3 Å². The second kappa shape index (κ2) is 6.51. The smallest absolute Gasteiger partial charge is 0.119 e. The minimum atomic E-state index is -0.302. The molecule has 0 bridgehead atoms. The Hall–Kier alpha value is -1.06. The van der Waals surface area contributed by atoms with E-state index >= 15 is 0 Å². The van der Waals surface area contributed by atoms with E-state index in [4.69, 9.17) is 15.6 Å². The molecule has 1 rings (SSSR count). The van der Waals surface area contributed by atoms with Crippen molar-refractivity contribution in [2.24, 2.45) is 11.7 Å². The van der Waals surface area contributed by atoms with E-state index in [1.165, 1.54) is 0 Å². The molecule has 0 heterocycles. The van der Waals surface area contributed by atoms with Crippen molar-refractivity contribution < 1.29 is 9.84 Å². The van der Waals surface area contributed by atoms with Crippen LogP contribution < -0.4 is 10.5 Å². The van der Waals surface area contributed by atoms with E-state index in [0.717, 1.165) is 24.3 Å². The monoisotopic (exact) mass is 223 g/mol. The lowest BCUT2D eigenvalue weighted by atomic mass is 10.1. The predicted molar refractivity (Wildman–Crippen MR) is 65.4 cm³/mol. The van der Waals surface area contributed by atoms with E-state index in [9.17, 15) is 0 Å². The maximum atomic E-state index is 8.91. The van der Waals surface area contributed by atoms with Gasteiger partial charge in [0, 0.05) is 0 Å². The fraction of sp³-hybridized carbons (Fsp3) is 0.538. The van der Waals surface area contributed by atoms with Gasteiger partial charge in [0.1, 0.15) is 5.75 Å². The average molecular weight is 223 g/mol. The van der Waals surface area contributed by atoms with Gasteiger partial charge in [0.2, 0.25) is 0 Å². The third kappa shape index (κ3) is 3.83. The average Bonchev–Trinajstić information content (AvgIpc) is 2.35. The van der Waals surface area contributed by atoms with Gasteiger partial charge in [-0.25, -0.2) is 0 Å². The molecule has 90 valence electrons. The molecule has 3 heteroatoms. The number of aliphatic hydroxyl groups excluding tert-OH is 1. The third-order valence-electron chi connectivity index (χ3n) is 2.74. The van der Waals surface area contributed by atoms with E-state index in [-0.39, 0.29) is 12.6 Å². The highest BCUT2D eigenvalue weighted by Gasteiger charge is 2.04. The third-order valence-corrected chi connectivity index (χ3v) is 2.74. The minimum absolute atomic E-state index is 0.0347. The summed E-state index contributed by atoms with van der Waals surface area (Å²) in [6, 6.07) is 7.28. The van der Waals surface area contributed by atoms with E-state index < -0.39 is 0 Å².